The van der Waals surface area contributed by atoms with Crippen molar-refractivity contribution in [3.63, 3.8) is 0 Å². The van der Waals surface area contributed by atoms with Crippen LogP contribution in [0.15, 0.2) is 24.3 Å². The Morgan fingerprint density at radius 2 is 1.69 bits per heavy atom. The Morgan fingerprint density at radius 3 is 2.31 bits per heavy atom. The number of methoxy groups -OCH3 is 1. The molecule has 0 aliphatic rings. The number of halogens is 2. The molecule has 0 saturated carbocycles. The topological polar surface area (TPSA) is 47.6 Å². The Balaban J connectivity index is 1.85. The monoisotopic (exact) mass is 395 g/mol. The van der Waals surface area contributed by atoms with E-state index in [0.29, 0.717) is 35.9 Å². The Morgan fingerprint density at radius 1 is 1.04 bits per heavy atom. The van der Waals surface area contributed by atoms with Crippen LogP contribution in [0.4, 0.5) is 5.69 Å². The van der Waals surface area contributed by atoms with Crippen LogP contribution < -0.4 is 14.8 Å². The number of ether oxygens (including phenoxy) is 2. The van der Waals surface area contributed by atoms with Crippen molar-refractivity contribution in [2.45, 2.75) is 33.6 Å². The van der Waals surface area contributed by atoms with Crippen molar-refractivity contribution in [3.8, 4) is 11.5 Å². The predicted molar refractivity (Wildman–Crippen MR) is 107 cm³/mol. The summed E-state index contributed by atoms with van der Waals surface area (Å²) >= 11 is 12.2. The van der Waals surface area contributed by atoms with Gasteiger partial charge in [-0.15, -0.1) is 0 Å². The van der Waals surface area contributed by atoms with Crippen LogP contribution in [0, 0.1) is 20.8 Å². The van der Waals surface area contributed by atoms with Crippen molar-refractivity contribution in [1.82, 2.24) is 0 Å². The van der Waals surface area contributed by atoms with Crippen molar-refractivity contribution >= 4 is 34.8 Å². The molecule has 0 aliphatic heterocycles. The highest BCUT2D eigenvalue weighted by Crippen LogP contribution is 2.31. The van der Waals surface area contributed by atoms with E-state index in [-0.39, 0.29) is 5.91 Å². The Kier molecular flexibility index (Phi) is 7.18. The van der Waals surface area contributed by atoms with Crippen molar-refractivity contribution < 1.29 is 14.3 Å². The number of amides is 1. The second-order valence-corrected chi connectivity index (χ2v) is 6.96. The zero-order chi connectivity index (χ0) is 19.3. The minimum Gasteiger partial charge on any atom is -0.495 e. The lowest BCUT2D eigenvalue weighted by Gasteiger charge is -2.13. The third-order valence-electron chi connectivity index (χ3n) is 3.98. The number of benzene rings is 2. The molecule has 0 radical (unpaired) electrons. The molecule has 6 heteroatoms. The fourth-order valence-electron chi connectivity index (χ4n) is 2.55. The molecule has 1 N–H and O–H groups in total. The lowest BCUT2D eigenvalue weighted by Crippen LogP contribution is -2.13. The molecule has 0 atom stereocenters. The number of rotatable bonds is 7. The van der Waals surface area contributed by atoms with E-state index in [1.165, 1.54) is 0 Å². The molecular formula is C20H23Cl2NO3. The summed E-state index contributed by atoms with van der Waals surface area (Å²) in [5.41, 5.74) is 3.44. The summed E-state index contributed by atoms with van der Waals surface area (Å²) in [6.07, 6.45) is 0.942. The number of carbonyl (C=O) groups excluding carboxylic acids is 1. The summed E-state index contributed by atoms with van der Waals surface area (Å²) in [6.45, 7) is 6.21. The Hall–Kier alpha value is -1.91. The molecule has 2 aromatic carbocycles. The van der Waals surface area contributed by atoms with E-state index in [1.807, 2.05) is 32.9 Å². The van der Waals surface area contributed by atoms with Crippen LogP contribution in [0.1, 0.15) is 29.5 Å². The first kappa shape index (κ1) is 20.4. The first-order valence-corrected chi connectivity index (χ1v) is 9.11. The zero-order valence-corrected chi connectivity index (χ0v) is 16.9. The van der Waals surface area contributed by atoms with Gasteiger partial charge in [0.1, 0.15) is 11.5 Å². The highest BCUT2D eigenvalue weighted by Gasteiger charge is 2.10. The first-order chi connectivity index (χ1) is 12.3. The molecule has 140 valence electrons. The largest absolute Gasteiger partial charge is 0.495 e. The highest BCUT2D eigenvalue weighted by molar-refractivity contribution is 6.32. The molecule has 4 nitrogen and oxygen atoms in total. The van der Waals surface area contributed by atoms with Gasteiger partial charge in [0.05, 0.1) is 19.4 Å². The summed E-state index contributed by atoms with van der Waals surface area (Å²) in [6, 6.07) is 7.29. The van der Waals surface area contributed by atoms with Gasteiger partial charge in [-0.05, 0) is 62.1 Å². The van der Waals surface area contributed by atoms with Crippen LogP contribution in [0.3, 0.4) is 0 Å². The molecular weight excluding hydrogens is 373 g/mol. The number of carbonyl (C=O) groups is 1. The second kappa shape index (κ2) is 9.15. The summed E-state index contributed by atoms with van der Waals surface area (Å²) in [5, 5.41) is 4.21. The molecule has 2 rings (SSSR count). The maximum Gasteiger partial charge on any atom is 0.224 e. The van der Waals surface area contributed by atoms with Crippen molar-refractivity contribution in [1.29, 1.82) is 0 Å². The van der Waals surface area contributed by atoms with E-state index in [2.05, 4.69) is 5.32 Å². The molecule has 1 amide bonds. The quantitative estimate of drug-likeness (QED) is 0.609. The number of hydrogen-bond acceptors (Lipinski definition) is 3. The molecule has 0 aromatic heterocycles. The average molecular weight is 396 g/mol. The van der Waals surface area contributed by atoms with Crippen LogP contribution in [0.25, 0.3) is 0 Å². The zero-order valence-electron chi connectivity index (χ0n) is 15.4. The molecule has 0 saturated heterocycles. The molecule has 2 aromatic rings. The van der Waals surface area contributed by atoms with Gasteiger partial charge in [0.25, 0.3) is 0 Å². The van der Waals surface area contributed by atoms with Gasteiger partial charge < -0.3 is 14.8 Å². The smallest absolute Gasteiger partial charge is 0.224 e. The van der Waals surface area contributed by atoms with Crippen molar-refractivity contribution in [2.24, 2.45) is 0 Å². The Labute approximate surface area is 164 Å². The molecule has 26 heavy (non-hydrogen) atoms. The van der Waals surface area contributed by atoms with E-state index in [4.69, 9.17) is 32.7 Å². The molecule has 0 bridgehead atoms. The fraction of sp³-hybridized carbons (Fsp3) is 0.350. The number of anilines is 1. The Bertz CT molecular complexity index is 783. The van der Waals surface area contributed by atoms with Gasteiger partial charge in [0.15, 0.2) is 0 Å². The van der Waals surface area contributed by atoms with Gasteiger partial charge in [-0.25, -0.2) is 0 Å². The first-order valence-electron chi connectivity index (χ1n) is 8.35. The minimum absolute atomic E-state index is 0.0999. The summed E-state index contributed by atoms with van der Waals surface area (Å²) in [4.78, 5) is 12.2. The van der Waals surface area contributed by atoms with Crippen LogP contribution in [-0.2, 0) is 4.79 Å². The lowest BCUT2D eigenvalue weighted by atomic mass is 10.1. The van der Waals surface area contributed by atoms with E-state index in [1.54, 1.807) is 19.2 Å². The van der Waals surface area contributed by atoms with E-state index >= 15 is 0 Å². The van der Waals surface area contributed by atoms with Crippen molar-refractivity contribution in [3.05, 3.63) is 51.0 Å². The molecule has 0 heterocycles. The number of nitrogens with one attached hydrogen (secondary N) is 1. The maximum atomic E-state index is 12.2. The van der Waals surface area contributed by atoms with Gasteiger partial charge in [0, 0.05) is 22.5 Å². The molecule has 0 fully saturated rings. The van der Waals surface area contributed by atoms with Crippen molar-refractivity contribution in [2.75, 3.05) is 19.0 Å². The van der Waals surface area contributed by atoms with Crippen LogP contribution in [0.2, 0.25) is 10.0 Å². The normalized spacial score (nSPS) is 10.5. The number of aryl methyl sites for hydroxylation is 3. The molecule has 0 unspecified atom stereocenters. The highest BCUT2D eigenvalue weighted by atomic mass is 35.5. The lowest BCUT2D eigenvalue weighted by molar-refractivity contribution is -0.116. The SMILES string of the molecule is COc1cc(Cl)c(C)cc1NC(=O)CCCOc1cc(C)c(Cl)c(C)c1. The third-order valence-corrected chi connectivity index (χ3v) is 4.99. The van der Waals surface area contributed by atoms with E-state index < -0.39 is 0 Å². The van der Waals surface area contributed by atoms with Gasteiger partial charge in [-0.2, -0.15) is 0 Å². The predicted octanol–water partition coefficient (Wildman–Crippen LogP) is 5.72. The molecule has 0 spiro atoms. The van der Waals surface area contributed by atoms with E-state index in [0.717, 1.165) is 27.5 Å². The second-order valence-electron chi connectivity index (χ2n) is 6.17. The van der Waals surface area contributed by atoms with Crippen LogP contribution in [0.5, 0.6) is 11.5 Å². The van der Waals surface area contributed by atoms with Gasteiger partial charge in [-0.1, -0.05) is 23.2 Å². The van der Waals surface area contributed by atoms with E-state index in [9.17, 15) is 4.79 Å². The van der Waals surface area contributed by atoms with Crippen LogP contribution >= 0.6 is 23.2 Å². The maximum absolute atomic E-state index is 12.2. The fourth-order valence-corrected chi connectivity index (χ4v) is 2.82. The van der Waals surface area contributed by atoms with Gasteiger partial charge in [-0.3, -0.25) is 4.79 Å². The van der Waals surface area contributed by atoms with Crippen LogP contribution in [-0.4, -0.2) is 19.6 Å². The van der Waals surface area contributed by atoms with Gasteiger partial charge in [0.2, 0.25) is 5.91 Å². The summed E-state index contributed by atoms with van der Waals surface area (Å²) < 4.78 is 11.0. The minimum atomic E-state index is -0.0999. The standard InChI is InChI=1S/C20H23Cl2NO3/c1-12-10-17(18(25-4)11-16(12)21)23-19(24)6-5-7-26-15-8-13(2)20(22)14(3)9-15/h8-11H,5-7H2,1-4H3,(H,23,24). The number of hydrogen-bond donors (Lipinski definition) is 1. The van der Waals surface area contributed by atoms with Gasteiger partial charge >= 0.3 is 0 Å². The molecule has 0 aliphatic carbocycles. The summed E-state index contributed by atoms with van der Waals surface area (Å²) in [5.74, 6) is 1.20. The summed E-state index contributed by atoms with van der Waals surface area (Å²) in [7, 11) is 1.54. The third kappa shape index (κ3) is 5.29. The average Bonchev–Trinajstić information content (AvgIpc) is 2.59.